The molecule has 1 aromatic rings. The van der Waals surface area contributed by atoms with E-state index in [0.29, 0.717) is 12.8 Å². The molecular weight excluding hydrogens is 622 g/mol. The van der Waals surface area contributed by atoms with Crippen molar-refractivity contribution in [1.82, 2.24) is 10.0 Å². The number of anilines is 1. The zero-order valence-corrected chi connectivity index (χ0v) is 28.3. The van der Waals surface area contributed by atoms with E-state index in [4.69, 9.17) is 27.9 Å². The van der Waals surface area contributed by atoms with Crippen LogP contribution in [0, 0.1) is 5.92 Å². The fourth-order valence-corrected chi connectivity index (χ4v) is 6.38. The van der Waals surface area contributed by atoms with Gasteiger partial charge >= 0.3 is 22.4 Å². The summed E-state index contributed by atoms with van der Waals surface area (Å²) in [4.78, 5) is 38.1. The number of ether oxygens (including phenoxy) is 5. The minimum absolute atomic E-state index is 0.0555. The van der Waals surface area contributed by atoms with Crippen molar-refractivity contribution in [3.63, 3.8) is 0 Å². The van der Waals surface area contributed by atoms with Gasteiger partial charge in [0, 0.05) is 12.1 Å². The molecule has 0 saturated carbocycles. The summed E-state index contributed by atoms with van der Waals surface area (Å²) in [7, 11) is -4.61. The molecule has 7 unspecified atom stereocenters. The van der Waals surface area contributed by atoms with Gasteiger partial charge in [-0.1, -0.05) is 38.5 Å². The van der Waals surface area contributed by atoms with Crippen LogP contribution in [0.1, 0.15) is 73.3 Å². The highest BCUT2D eigenvalue weighted by atomic mass is 32.2. The summed E-state index contributed by atoms with van der Waals surface area (Å²) in [6.45, 7) is 11.6. The van der Waals surface area contributed by atoms with Crippen molar-refractivity contribution in [2.75, 3.05) is 18.5 Å². The first kappa shape index (κ1) is 35.9. The highest BCUT2D eigenvalue weighted by molar-refractivity contribution is 7.85. The smallest absolute Gasteiger partial charge is 0.408 e. The van der Waals surface area contributed by atoms with E-state index in [-0.39, 0.29) is 19.0 Å². The molecule has 2 saturated heterocycles. The van der Waals surface area contributed by atoms with Crippen molar-refractivity contribution in [3.8, 4) is 0 Å². The number of hydrogen-bond acceptors (Lipinski definition) is 12. The van der Waals surface area contributed by atoms with Crippen LogP contribution in [0.4, 0.5) is 10.5 Å². The highest BCUT2D eigenvalue weighted by Gasteiger charge is 2.55. The molecule has 4 rings (SSSR count). The van der Waals surface area contributed by atoms with Gasteiger partial charge < -0.3 is 34.3 Å². The van der Waals surface area contributed by atoms with E-state index in [9.17, 15) is 22.8 Å². The number of rotatable bonds is 12. The lowest BCUT2D eigenvalue weighted by molar-refractivity contribution is -0.191. The molecule has 46 heavy (non-hydrogen) atoms. The van der Waals surface area contributed by atoms with E-state index < -0.39 is 82.7 Å². The van der Waals surface area contributed by atoms with Crippen molar-refractivity contribution in [1.29, 1.82) is 0 Å². The van der Waals surface area contributed by atoms with Crippen LogP contribution in [0.5, 0.6) is 0 Å². The zero-order chi connectivity index (χ0) is 33.9. The van der Waals surface area contributed by atoms with Gasteiger partial charge in [-0.25, -0.2) is 14.3 Å². The number of nitrogens with one attached hydrogen (secondary N) is 3. The molecule has 2 fully saturated rings. The molecule has 0 bridgehead atoms. The molecule has 14 nitrogen and oxygen atoms in total. The Bertz CT molecular complexity index is 1360. The lowest BCUT2D eigenvalue weighted by atomic mass is 9.98. The van der Waals surface area contributed by atoms with Crippen molar-refractivity contribution >= 4 is 34.0 Å². The largest absolute Gasteiger partial charge is 0.464 e. The monoisotopic (exact) mass is 669 g/mol. The van der Waals surface area contributed by atoms with Crippen LogP contribution in [-0.2, 0) is 54.2 Å². The van der Waals surface area contributed by atoms with Crippen LogP contribution in [0.3, 0.4) is 0 Å². The molecule has 0 spiro atoms. The van der Waals surface area contributed by atoms with Gasteiger partial charge in [0.15, 0.2) is 5.79 Å². The molecule has 3 N–H and O–H groups in total. The summed E-state index contributed by atoms with van der Waals surface area (Å²) in [5.41, 5.74) is 1.26. The molecule has 0 aliphatic carbocycles. The number of carbonyl (C=O) groups is 3. The Morgan fingerprint density at radius 3 is 2.46 bits per heavy atom. The number of benzene rings is 1. The number of carbonyl (C=O) groups excluding carboxylic acids is 3. The molecule has 0 radical (unpaired) electrons. The maximum Gasteiger partial charge on any atom is 0.408 e. The summed E-state index contributed by atoms with van der Waals surface area (Å²) in [6.07, 6.45) is -1.38. The summed E-state index contributed by atoms with van der Waals surface area (Å²) >= 11 is 0. The second-order valence-electron chi connectivity index (χ2n) is 13.3. The third-order valence-electron chi connectivity index (χ3n) is 8.01. The van der Waals surface area contributed by atoms with Crippen LogP contribution in [0.25, 0.3) is 0 Å². The Kier molecular flexibility index (Phi) is 11.2. The number of amides is 2. The lowest BCUT2D eigenvalue weighted by Gasteiger charge is -2.26. The first-order valence-electron chi connectivity index (χ1n) is 15.7. The Balaban J connectivity index is 1.30. The average molecular weight is 670 g/mol. The van der Waals surface area contributed by atoms with Gasteiger partial charge in [0.2, 0.25) is 0 Å². The van der Waals surface area contributed by atoms with Crippen molar-refractivity contribution < 1.29 is 50.7 Å². The van der Waals surface area contributed by atoms with Crippen molar-refractivity contribution in [2.24, 2.45) is 5.92 Å². The Morgan fingerprint density at radius 1 is 1.11 bits per heavy atom. The van der Waals surface area contributed by atoms with Crippen LogP contribution in [0.2, 0.25) is 0 Å². The maximum absolute atomic E-state index is 13.0. The van der Waals surface area contributed by atoms with Gasteiger partial charge in [0.25, 0.3) is 5.91 Å². The van der Waals surface area contributed by atoms with Crippen LogP contribution < -0.4 is 15.4 Å². The molecular formula is C31H47N3O11S. The second-order valence-corrected chi connectivity index (χ2v) is 14.7. The van der Waals surface area contributed by atoms with Crippen molar-refractivity contribution in [3.05, 3.63) is 29.8 Å². The average Bonchev–Trinajstić information content (AvgIpc) is 3.45. The molecule has 0 aromatic heterocycles. The maximum atomic E-state index is 13.0. The van der Waals surface area contributed by atoms with Crippen LogP contribution in [-0.4, -0.2) is 87.5 Å². The highest BCUT2D eigenvalue weighted by Crippen LogP contribution is 2.40. The lowest BCUT2D eigenvalue weighted by Crippen LogP contribution is -2.52. The Labute approximate surface area is 270 Å². The first-order chi connectivity index (χ1) is 21.5. The van der Waals surface area contributed by atoms with E-state index in [1.54, 1.807) is 48.5 Å². The second kappa shape index (κ2) is 14.4. The molecule has 7 atom stereocenters. The van der Waals surface area contributed by atoms with Gasteiger partial charge in [0.1, 0.15) is 36.0 Å². The van der Waals surface area contributed by atoms with Gasteiger partial charge in [-0.2, -0.15) is 8.42 Å². The third kappa shape index (κ3) is 9.53. The summed E-state index contributed by atoms with van der Waals surface area (Å²) in [5, 5.41) is 5.68. The first-order valence-corrected chi connectivity index (χ1v) is 17.1. The van der Waals surface area contributed by atoms with Gasteiger partial charge in [-0.05, 0) is 65.0 Å². The van der Waals surface area contributed by atoms with Crippen molar-refractivity contribution in [2.45, 2.75) is 122 Å². The quantitative estimate of drug-likeness (QED) is 0.278. The standard InChI is InChI=1S/C31H47N3O11S/c1-8-18(2)24(33-29(37)45-30(3,4)5)27(35)34-46(38,39)41-17-23-26-25(43-31(6,7)44-26)22(42-23)15-16-40-28(36)21-14-13-19-11-9-10-12-20(19)32-21/h9-12,18,21-26,32H,8,13-17H2,1-7H3,(H,33,37)(H,34,35). The molecule has 258 valence electrons. The molecule has 2 amide bonds. The van der Waals surface area contributed by atoms with E-state index in [0.717, 1.165) is 17.7 Å². The number of para-hydroxylation sites is 1. The molecule has 3 aliphatic rings. The van der Waals surface area contributed by atoms with E-state index in [1.807, 2.05) is 29.0 Å². The van der Waals surface area contributed by atoms with Gasteiger partial charge in [-0.3, -0.25) is 8.98 Å². The number of fused-ring (bicyclic) bond motifs is 2. The fraction of sp³-hybridized carbons (Fsp3) is 0.710. The minimum Gasteiger partial charge on any atom is -0.464 e. The number of alkyl carbamates (subject to hydrolysis) is 1. The minimum atomic E-state index is -4.61. The molecule has 15 heteroatoms. The molecule has 1 aromatic carbocycles. The van der Waals surface area contributed by atoms with Crippen LogP contribution in [0.15, 0.2) is 24.3 Å². The summed E-state index contributed by atoms with van der Waals surface area (Å²) < 4.78 is 61.6. The van der Waals surface area contributed by atoms with E-state index in [2.05, 4.69) is 10.6 Å². The fourth-order valence-electron chi connectivity index (χ4n) is 5.64. The Morgan fingerprint density at radius 2 is 1.78 bits per heavy atom. The van der Waals surface area contributed by atoms with E-state index in [1.165, 1.54) is 0 Å². The van der Waals surface area contributed by atoms with E-state index >= 15 is 0 Å². The SMILES string of the molecule is CCC(C)C(NC(=O)OC(C)(C)C)C(=O)NS(=O)(=O)OCC1OC(CCOC(=O)C2CCc3ccccc3N2)C2OC(C)(C)OC12. The predicted octanol–water partition coefficient (Wildman–Crippen LogP) is 2.95. The summed E-state index contributed by atoms with van der Waals surface area (Å²) in [6, 6.07) is 6.17. The van der Waals surface area contributed by atoms with Gasteiger partial charge in [-0.15, -0.1) is 0 Å². The Hall–Kier alpha value is -2.98. The molecule has 3 aliphatic heterocycles. The topological polar surface area (TPSA) is 177 Å². The third-order valence-corrected chi connectivity index (χ3v) is 8.91. The number of hydrogen-bond donors (Lipinski definition) is 3. The number of esters is 1. The van der Waals surface area contributed by atoms with Crippen LogP contribution >= 0.6 is 0 Å². The van der Waals surface area contributed by atoms with Gasteiger partial charge in [0.05, 0.1) is 19.3 Å². The predicted molar refractivity (Wildman–Crippen MR) is 166 cm³/mol. The normalized spacial score (nSPS) is 26.5. The summed E-state index contributed by atoms with van der Waals surface area (Å²) in [5.74, 6) is -2.71. The molecule has 3 heterocycles. The number of aryl methyl sites for hydroxylation is 1. The zero-order valence-electron chi connectivity index (χ0n) is 27.5.